The highest BCUT2D eigenvalue weighted by Crippen LogP contribution is 2.32. The average molecular weight is 553 g/mol. The minimum atomic E-state index is -0.727. The van der Waals surface area contributed by atoms with Gasteiger partial charge in [0.1, 0.15) is 29.5 Å². The molecule has 36 heavy (non-hydrogen) atoms. The Morgan fingerprint density at radius 3 is 2.72 bits per heavy atom. The number of esters is 2. The summed E-state index contributed by atoms with van der Waals surface area (Å²) in [7, 11) is 0. The van der Waals surface area contributed by atoms with E-state index in [0.29, 0.717) is 28.3 Å². The predicted molar refractivity (Wildman–Crippen MR) is 136 cm³/mol. The SMILES string of the molecule is CCOC(=O)CNc1c(-c2cccc(OC(=O)c3ccc(C)c([N+](=O)[O-])c3)c2)nc2ccc(Br)cn12. The monoisotopic (exact) mass is 552 g/mol. The number of aryl methyl sites for hydroxylation is 1. The Bertz CT molecular complexity index is 1480. The number of rotatable bonds is 8. The molecule has 0 aliphatic rings. The maximum absolute atomic E-state index is 12.7. The molecule has 2 heterocycles. The van der Waals surface area contributed by atoms with Crippen molar-refractivity contribution >= 4 is 45.0 Å². The number of nitro benzene ring substituents is 1. The van der Waals surface area contributed by atoms with Crippen LogP contribution in [0, 0.1) is 17.0 Å². The maximum atomic E-state index is 12.7. The molecule has 184 valence electrons. The molecule has 0 aliphatic heterocycles. The molecule has 10 nitrogen and oxygen atoms in total. The lowest BCUT2D eigenvalue weighted by molar-refractivity contribution is -0.385. The highest BCUT2D eigenvalue weighted by atomic mass is 79.9. The number of nitro groups is 1. The van der Waals surface area contributed by atoms with Crippen LogP contribution in [0.2, 0.25) is 0 Å². The molecule has 0 saturated heterocycles. The third kappa shape index (κ3) is 5.36. The van der Waals surface area contributed by atoms with Gasteiger partial charge in [-0.2, -0.15) is 0 Å². The molecule has 0 unspecified atom stereocenters. The van der Waals surface area contributed by atoms with Gasteiger partial charge in [0.2, 0.25) is 0 Å². The van der Waals surface area contributed by atoms with E-state index < -0.39 is 16.9 Å². The van der Waals surface area contributed by atoms with E-state index in [1.54, 1.807) is 42.5 Å². The number of nitrogens with zero attached hydrogens (tertiary/aromatic N) is 3. The number of hydrogen-bond donors (Lipinski definition) is 1. The topological polar surface area (TPSA) is 125 Å². The fraction of sp³-hybridized carbons (Fsp3) is 0.160. The molecular formula is C25H21BrN4O6. The first-order valence-corrected chi connectivity index (χ1v) is 11.7. The van der Waals surface area contributed by atoms with Gasteiger partial charge in [-0.25, -0.2) is 9.78 Å². The zero-order chi connectivity index (χ0) is 25.8. The third-order valence-electron chi connectivity index (χ3n) is 5.25. The summed E-state index contributed by atoms with van der Waals surface area (Å²) in [5.41, 5.74) is 2.13. The number of benzene rings is 2. The Morgan fingerprint density at radius 2 is 1.97 bits per heavy atom. The molecule has 0 atom stereocenters. The lowest BCUT2D eigenvalue weighted by atomic mass is 10.1. The number of carbonyl (C=O) groups excluding carboxylic acids is 2. The number of carbonyl (C=O) groups is 2. The van der Waals surface area contributed by atoms with Crippen molar-refractivity contribution in [3.05, 3.63) is 86.5 Å². The lowest BCUT2D eigenvalue weighted by Gasteiger charge is -2.10. The van der Waals surface area contributed by atoms with Gasteiger partial charge in [0.05, 0.1) is 17.1 Å². The molecule has 1 N–H and O–H groups in total. The van der Waals surface area contributed by atoms with Gasteiger partial charge >= 0.3 is 11.9 Å². The van der Waals surface area contributed by atoms with Gasteiger partial charge in [0.25, 0.3) is 5.69 Å². The standard InChI is InChI=1S/C25H21BrN4O6/c1-3-35-22(31)13-27-24-23(28-21-10-9-18(26)14-29(21)24)16-5-4-6-19(11-16)36-25(32)17-8-7-15(2)20(12-17)30(33)34/h4-12,14,27H,3,13H2,1-2H3. The first-order valence-electron chi connectivity index (χ1n) is 10.9. The number of pyridine rings is 1. The molecule has 0 amide bonds. The number of imidazole rings is 1. The summed E-state index contributed by atoms with van der Waals surface area (Å²) in [6.45, 7) is 3.53. The van der Waals surface area contributed by atoms with Gasteiger partial charge in [-0.3, -0.25) is 19.3 Å². The van der Waals surface area contributed by atoms with Crippen molar-refractivity contribution in [3.63, 3.8) is 0 Å². The first kappa shape index (κ1) is 24.9. The minimum Gasteiger partial charge on any atom is -0.465 e. The van der Waals surface area contributed by atoms with Crippen LogP contribution >= 0.6 is 15.9 Å². The number of ether oxygens (including phenoxy) is 2. The fourth-order valence-electron chi connectivity index (χ4n) is 3.56. The summed E-state index contributed by atoms with van der Waals surface area (Å²) in [6, 6.07) is 14.6. The van der Waals surface area contributed by atoms with Crippen LogP contribution in [0.5, 0.6) is 5.75 Å². The van der Waals surface area contributed by atoms with Crippen molar-refractivity contribution < 1.29 is 24.0 Å². The molecule has 0 radical (unpaired) electrons. The van der Waals surface area contributed by atoms with E-state index in [1.165, 1.54) is 18.2 Å². The Morgan fingerprint density at radius 1 is 1.17 bits per heavy atom. The van der Waals surface area contributed by atoms with Crippen molar-refractivity contribution in [1.29, 1.82) is 0 Å². The van der Waals surface area contributed by atoms with Crippen molar-refractivity contribution in [1.82, 2.24) is 9.38 Å². The van der Waals surface area contributed by atoms with E-state index >= 15 is 0 Å². The normalized spacial score (nSPS) is 10.8. The highest BCUT2D eigenvalue weighted by molar-refractivity contribution is 9.10. The van der Waals surface area contributed by atoms with Gasteiger partial charge in [-0.05, 0) is 60.1 Å². The molecule has 0 saturated carbocycles. The Kier molecular flexibility index (Phi) is 7.30. The number of halogens is 1. The van der Waals surface area contributed by atoms with Crippen LogP contribution in [0.25, 0.3) is 16.9 Å². The number of nitrogens with one attached hydrogen (secondary N) is 1. The molecule has 0 fully saturated rings. The lowest BCUT2D eigenvalue weighted by Crippen LogP contribution is -2.17. The Labute approximate surface area is 214 Å². The second-order valence-corrected chi connectivity index (χ2v) is 8.63. The van der Waals surface area contributed by atoms with Gasteiger partial charge in [0.15, 0.2) is 0 Å². The van der Waals surface area contributed by atoms with Crippen molar-refractivity contribution in [2.75, 3.05) is 18.5 Å². The first-order chi connectivity index (χ1) is 17.3. The van der Waals surface area contributed by atoms with Gasteiger partial charge in [0, 0.05) is 27.9 Å². The van der Waals surface area contributed by atoms with E-state index in [0.717, 1.165) is 4.47 Å². The van der Waals surface area contributed by atoms with E-state index in [1.807, 2.05) is 18.3 Å². The number of anilines is 1. The Balaban J connectivity index is 1.66. The second kappa shape index (κ2) is 10.6. The molecule has 2 aromatic heterocycles. The molecular weight excluding hydrogens is 532 g/mol. The molecule has 11 heteroatoms. The largest absolute Gasteiger partial charge is 0.465 e. The summed E-state index contributed by atoms with van der Waals surface area (Å²) in [5, 5.41) is 14.3. The van der Waals surface area contributed by atoms with Crippen molar-refractivity contribution in [3.8, 4) is 17.0 Å². The predicted octanol–water partition coefficient (Wildman–Crippen LogP) is 5.17. The van der Waals surface area contributed by atoms with Crippen molar-refractivity contribution in [2.24, 2.45) is 0 Å². The van der Waals surface area contributed by atoms with Crippen LogP contribution < -0.4 is 10.1 Å². The summed E-state index contributed by atoms with van der Waals surface area (Å²) in [4.78, 5) is 40.0. The van der Waals surface area contributed by atoms with Gasteiger partial charge in [-0.1, -0.05) is 18.2 Å². The van der Waals surface area contributed by atoms with Crippen LogP contribution in [0.15, 0.2) is 65.3 Å². The molecule has 4 rings (SSSR count). The van der Waals surface area contributed by atoms with Gasteiger partial charge in [-0.15, -0.1) is 0 Å². The number of aromatic nitrogens is 2. The molecule has 0 bridgehead atoms. The molecule has 2 aromatic carbocycles. The summed E-state index contributed by atoms with van der Waals surface area (Å²) >= 11 is 3.45. The smallest absolute Gasteiger partial charge is 0.343 e. The number of hydrogen-bond acceptors (Lipinski definition) is 8. The quantitative estimate of drug-likeness (QED) is 0.137. The number of fused-ring (bicyclic) bond motifs is 1. The highest BCUT2D eigenvalue weighted by Gasteiger charge is 2.19. The zero-order valence-electron chi connectivity index (χ0n) is 19.4. The van der Waals surface area contributed by atoms with E-state index in [9.17, 15) is 19.7 Å². The van der Waals surface area contributed by atoms with Crippen LogP contribution in [0.3, 0.4) is 0 Å². The van der Waals surface area contributed by atoms with Crippen LogP contribution in [-0.4, -0.2) is 39.4 Å². The summed E-state index contributed by atoms with van der Waals surface area (Å²) in [5.74, 6) is -0.356. The second-order valence-electron chi connectivity index (χ2n) is 7.72. The fourth-order valence-corrected chi connectivity index (χ4v) is 3.90. The summed E-state index contributed by atoms with van der Waals surface area (Å²) in [6.07, 6.45) is 1.81. The minimum absolute atomic E-state index is 0.0621. The van der Waals surface area contributed by atoms with E-state index in [-0.39, 0.29) is 30.2 Å². The summed E-state index contributed by atoms with van der Waals surface area (Å²) < 4.78 is 13.1. The molecule has 0 spiro atoms. The van der Waals surface area contributed by atoms with E-state index in [2.05, 4.69) is 26.2 Å². The van der Waals surface area contributed by atoms with Crippen LogP contribution in [0.4, 0.5) is 11.5 Å². The third-order valence-corrected chi connectivity index (χ3v) is 5.72. The van der Waals surface area contributed by atoms with Gasteiger partial charge < -0.3 is 14.8 Å². The molecule has 0 aliphatic carbocycles. The maximum Gasteiger partial charge on any atom is 0.343 e. The Hall–Kier alpha value is -4.25. The van der Waals surface area contributed by atoms with Crippen LogP contribution in [0.1, 0.15) is 22.8 Å². The average Bonchev–Trinajstić information content (AvgIpc) is 3.20. The zero-order valence-corrected chi connectivity index (χ0v) is 20.9. The van der Waals surface area contributed by atoms with Crippen molar-refractivity contribution in [2.45, 2.75) is 13.8 Å². The van der Waals surface area contributed by atoms with Crippen LogP contribution in [-0.2, 0) is 9.53 Å². The molecule has 4 aromatic rings. The van der Waals surface area contributed by atoms with E-state index in [4.69, 9.17) is 9.47 Å².